The van der Waals surface area contributed by atoms with Crippen LogP contribution in [0.4, 0.5) is 0 Å². The van der Waals surface area contributed by atoms with Crippen molar-refractivity contribution in [2.24, 2.45) is 0 Å². The van der Waals surface area contributed by atoms with E-state index in [1.807, 2.05) is 20.8 Å². The fourth-order valence-corrected chi connectivity index (χ4v) is 5.49. The highest BCUT2D eigenvalue weighted by Gasteiger charge is 2.36. The van der Waals surface area contributed by atoms with Crippen LogP contribution in [-0.4, -0.2) is 61.4 Å². The number of amides is 1. The second kappa shape index (κ2) is 7.29. The predicted molar refractivity (Wildman–Crippen MR) is 99.6 cm³/mol. The molecule has 2 aliphatic heterocycles. The molecule has 7 heteroatoms. The Balaban J connectivity index is 1.89. The molecule has 2 fully saturated rings. The normalized spacial score (nSPS) is 24.4. The van der Waals surface area contributed by atoms with E-state index in [0.717, 1.165) is 19.3 Å². The van der Waals surface area contributed by atoms with Gasteiger partial charge in [0.25, 0.3) is 5.91 Å². The molecule has 1 atom stereocenters. The van der Waals surface area contributed by atoms with Crippen molar-refractivity contribution in [1.29, 1.82) is 0 Å². The predicted octanol–water partition coefficient (Wildman–Crippen LogP) is 2.50. The summed E-state index contributed by atoms with van der Waals surface area (Å²) in [6.07, 6.45) is 2.81. The zero-order valence-electron chi connectivity index (χ0n) is 15.8. The third-order valence-corrected chi connectivity index (χ3v) is 7.33. The Morgan fingerprint density at radius 3 is 2.69 bits per heavy atom. The van der Waals surface area contributed by atoms with Gasteiger partial charge in [-0.3, -0.25) is 4.79 Å². The topological polar surface area (TPSA) is 66.9 Å². The second-order valence-corrected chi connectivity index (χ2v) is 9.70. The van der Waals surface area contributed by atoms with Crippen molar-refractivity contribution >= 4 is 15.9 Å². The fourth-order valence-electron chi connectivity index (χ4n) is 3.74. The number of ether oxygens (including phenoxy) is 1. The Kier molecular flexibility index (Phi) is 5.42. The van der Waals surface area contributed by atoms with E-state index in [1.54, 1.807) is 27.4 Å². The first-order chi connectivity index (χ1) is 12.2. The molecule has 6 nitrogen and oxygen atoms in total. The van der Waals surface area contributed by atoms with Crippen LogP contribution in [0.5, 0.6) is 0 Å². The van der Waals surface area contributed by atoms with Gasteiger partial charge in [0.1, 0.15) is 0 Å². The van der Waals surface area contributed by atoms with Gasteiger partial charge in [-0.1, -0.05) is 12.5 Å². The average Bonchev–Trinajstić information content (AvgIpc) is 2.61. The molecule has 1 unspecified atom stereocenters. The highest BCUT2D eigenvalue weighted by Crippen LogP contribution is 2.27. The molecule has 1 aromatic rings. The molecule has 0 aliphatic carbocycles. The average molecular weight is 381 g/mol. The van der Waals surface area contributed by atoms with E-state index in [0.29, 0.717) is 31.9 Å². The van der Waals surface area contributed by atoms with Gasteiger partial charge in [-0.25, -0.2) is 8.42 Å². The first-order valence-electron chi connectivity index (χ1n) is 9.25. The van der Waals surface area contributed by atoms with Crippen molar-refractivity contribution in [2.45, 2.75) is 56.5 Å². The van der Waals surface area contributed by atoms with Crippen molar-refractivity contribution in [3.05, 3.63) is 29.8 Å². The number of morpholine rings is 1. The summed E-state index contributed by atoms with van der Waals surface area (Å²) in [5.74, 6) is -0.151. The van der Waals surface area contributed by atoms with E-state index in [1.165, 1.54) is 6.07 Å². The molecular formula is C19H28N2O4S. The lowest BCUT2D eigenvalue weighted by Crippen LogP contribution is -2.55. The minimum Gasteiger partial charge on any atom is -0.377 e. The molecule has 0 N–H and O–H groups in total. The van der Waals surface area contributed by atoms with Gasteiger partial charge in [-0.05, 0) is 51.8 Å². The van der Waals surface area contributed by atoms with E-state index >= 15 is 0 Å². The largest absolute Gasteiger partial charge is 0.377 e. The number of hydrogen-bond acceptors (Lipinski definition) is 4. The summed E-state index contributed by atoms with van der Waals surface area (Å²) in [5.41, 5.74) is -0.00305. The highest BCUT2D eigenvalue weighted by atomic mass is 32.2. The molecule has 26 heavy (non-hydrogen) atoms. The number of carbonyl (C=O) groups excluding carboxylic acids is 1. The molecule has 0 aromatic heterocycles. The van der Waals surface area contributed by atoms with Crippen molar-refractivity contribution in [1.82, 2.24) is 9.21 Å². The van der Waals surface area contributed by atoms with Crippen LogP contribution in [0.3, 0.4) is 0 Å². The summed E-state index contributed by atoms with van der Waals surface area (Å²) in [5, 5.41) is 0. The van der Waals surface area contributed by atoms with Crippen molar-refractivity contribution in [2.75, 3.05) is 26.3 Å². The summed E-state index contributed by atoms with van der Waals surface area (Å²) >= 11 is 0. The molecule has 1 amide bonds. The molecule has 0 radical (unpaired) electrons. The zero-order chi connectivity index (χ0) is 18.9. The van der Waals surface area contributed by atoms with Gasteiger partial charge in [0.05, 0.1) is 23.6 Å². The minimum atomic E-state index is -3.59. The summed E-state index contributed by atoms with van der Waals surface area (Å²) in [6, 6.07) is 6.43. The van der Waals surface area contributed by atoms with E-state index in [2.05, 4.69) is 0 Å². The monoisotopic (exact) mass is 380 g/mol. The lowest BCUT2D eigenvalue weighted by molar-refractivity contribution is -0.0370. The maximum absolute atomic E-state index is 13.1. The SMILES string of the molecule is CC1CCCCN1S(=O)(=O)c1cccc(C(=O)N2CCOCC2(C)C)c1. The minimum absolute atomic E-state index is 0.00807. The number of piperidine rings is 1. The van der Waals surface area contributed by atoms with Crippen molar-refractivity contribution in [3.63, 3.8) is 0 Å². The van der Waals surface area contributed by atoms with Gasteiger partial charge in [0.2, 0.25) is 10.0 Å². The summed E-state index contributed by atoms with van der Waals surface area (Å²) < 4.78 is 33.2. The maximum Gasteiger partial charge on any atom is 0.254 e. The van der Waals surface area contributed by atoms with Gasteiger partial charge in [-0.15, -0.1) is 0 Å². The highest BCUT2D eigenvalue weighted by molar-refractivity contribution is 7.89. The number of hydrogen-bond donors (Lipinski definition) is 0. The van der Waals surface area contributed by atoms with Crippen LogP contribution in [0.15, 0.2) is 29.2 Å². The van der Waals surface area contributed by atoms with Gasteiger partial charge < -0.3 is 9.64 Å². The standard InChI is InChI=1S/C19H28N2O4S/c1-15-7-4-5-10-21(15)26(23,24)17-9-6-8-16(13-17)18(22)20-11-12-25-14-19(20,2)3/h6,8-9,13,15H,4-5,7,10-12,14H2,1-3H3. The van der Waals surface area contributed by atoms with Crippen LogP contribution in [0.2, 0.25) is 0 Å². The Morgan fingerprint density at radius 2 is 2.00 bits per heavy atom. The molecule has 2 aliphatic rings. The number of carbonyl (C=O) groups is 1. The van der Waals surface area contributed by atoms with E-state index in [9.17, 15) is 13.2 Å². The Morgan fingerprint density at radius 1 is 1.23 bits per heavy atom. The van der Waals surface area contributed by atoms with Crippen LogP contribution in [0, 0.1) is 0 Å². The van der Waals surface area contributed by atoms with E-state index in [-0.39, 0.29) is 16.8 Å². The molecule has 144 valence electrons. The van der Waals surface area contributed by atoms with Crippen molar-refractivity contribution in [3.8, 4) is 0 Å². The molecule has 3 rings (SSSR count). The van der Waals surface area contributed by atoms with Crippen LogP contribution in [0.25, 0.3) is 0 Å². The first-order valence-corrected chi connectivity index (χ1v) is 10.7. The first kappa shape index (κ1) is 19.3. The molecule has 0 spiro atoms. The van der Waals surface area contributed by atoms with Crippen LogP contribution in [0.1, 0.15) is 50.4 Å². The number of sulfonamides is 1. The Hall–Kier alpha value is -1.44. The van der Waals surface area contributed by atoms with Crippen LogP contribution >= 0.6 is 0 Å². The smallest absolute Gasteiger partial charge is 0.254 e. The molecule has 0 saturated carbocycles. The molecule has 0 bridgehead atoms. The summed E-state index contributed by atoms with van der Waals surface area (Å²) in [7, 11) is -3.59. The summed E-state index contributed by atoms with van der Waals surface area (Å²) in [4.78, 5) is 15.0. The summed E-state index contributed by atoms with van der Waals surface area (Å²) in [6.45, 7) is 7.88. The molecule has 1 aromatic carbocycles. The lowest BCUT2D eigenvalue weighted by Gasteiger charge is -2.42. The third-order valence-electron chi connectivity index (χ3n) is 5.32. The Labute approximate surface area is 156 Å². The van der Waals surface area contributed by atoms with E-state index in [4.69, 9.17) is 4.74 Å². The zero-order valence-corrected chi connectivity index (χ0v) is 16.6. The van der Waals surface area contributed by atoms with Crippen LogP contribution in [-0.2, 0) is 14.8 Å². The number of rotatable bonds is 3. The second-order valence-electron chi connectivity index (χ2n) is 7.81. The molecule has 2 heterocycles. The Bertz CT molecular complexity index is 775. The fraction of sp³-hybridized carbons (Fsp3) is 0.632. The quantitative estimate of drug-likeness (QED) is 0.808. The van der Waals surface area contributed by atoms with Gasteiger partial charge in [-0.2, -0.15) is 4.31 Å². The third kappa shape index (κ3) is 3.66. The maximum atomic E-state index is 13.1. The van der Waals surface area contributed by atoms with Gasteiger partial charge in [0.15, 0.2) is 0 Å². The van der Waals surface area contributed by atoms with Gasteiger partial charge in [0, 0.05) is 24.7 Å². The molecular weight excluding hydrogens is 352 g/mol. The number of nitrogens with zero attached hydrogens (tertiary/aromatic N) is 2. The van der Waals surface area contributed by atoms with Gasteiger partial charge >= 0.3 is 0 Å². The molecule has 2 saturated heterocycles. The van der Waals surface area contributed by atoms with Crippen LogP contribution < -0.4 is 0 Å². The van der Waals surface area contributed by atoms with E-state index < -0.39 is 15.6 Å². The lowest BCUT2D eigenvalue weighted by atomic mass is 10.0. The number of benzene rings is 1. The van der Waals surface area contributed by atoms with Crippen molar-refractivity contribution < 1.29 is 17.9 Å².